The summed E-state index contributed by atoms with van der Waals surface area (Å²) in [5.41, 5.74) is -5.22. The lowest BCUT2D eigenvalue weighted by atomic mass is 9.98. The van der Waals surface area contributed by atoms with E-state index in [0.717, 1.165) is 35.4 Å². The number of halogens is 6. The van der Waals surface area contributed by atoms with Gasteiger partial charge in [0.1, 0.15) is 28.5 Å². The van der Waals surface area contributed by atoms with Gasteiger partial charge >= 0.3 is 16.8 Å². The Bertz CT molecular complexity index is 1220. The summed E-state index contributed by atoms with van der Waals surface area (Å²) in [4.78, 5) is 21.2. The van der Waals surface area contributed by atoms with Gasteiger partial charge in [-0.15, -0.1) is 13.2 Å². The fourth-order valence-electron chi connectivity index (χ4n) is 3.32. The molecule has 13 heteroatoms. The molecule has 0 bridgehead atoms. The number of ether oxygens (including phenoxy) is 1. The van der Waals surface area contributed by atoms with Crippen molar-refractivity contribution < 1.29 is 40.4 Å². The number of carbonyl (C=O) groups is 1. The average molecular weight is 501 g/mol. The standard InChI is InChI=1S/C21H13F6N3O3S/c22-20(23,24)12-4-6-13(7-5-12)33-16-3-1-2-15-14(16)9-11-30(18(15)31)17-8-10-28-19(29-17)34(32)21(25,26)27/h1-8,10H,9,11H2. The van der Waals surface area contributed by atoms with Gasteiger partial charge in [-0.1, -0.05) is 6.07 Å². The highest BCUT2D eigenvalue weighted by molar-refractivity contribution is 7.92. The van der Waals surface area contributed by atoms with Gasteiger partial charge in [0.2, 0.25) is 0 Å². The predicted octanol–water partition coefficient (Wildman–Crippen LogP) is 5.12. The van der Waals surface area contributed by atoms with E-state index in [1.54, 1.807) is 6.07 Å². The van der Waals surface area contributed by atoms with Crippen molar-refractivity contribution in [2.45, 2.75) is 23.3 Å². The Labute approximate surface area is 191 Å². The molecule has 1 aliphatic heterocycles. The van der Waals surface area contributed by atoms with Crippen molar-refractivity contribution in [1.29, 1.82) is 0 Å². The van der Waals surface area contributed by atoms with Crippen LogP contribution in [0.15, 0.2) is 59.9 Å². The van der Waals surface area contributed by atoms with E-state index in [4.69, 9.17) is 4.74 Å². The summed E-state index contributed by atoms with van der Waals surface area (Å²) >= 11 is -3.46. The van der Waals surface area contributed by atoms with E-state index in [9.17, 15) is 35.7 Å². The van der Waals surface area contributed by atoms with Crippen LogP contribution in [0.4, 0.5) is 32.2 Å². The van der Waals surface area contributed by atoms with Crippen LogP contribution in [0.25, 0.3) is 0 Å². The maximum Gasteiger partial charge on any atom is 0.581 e. The van der Waals surface area contributed by atoms with Crippen molar-refractivity contribution in [2.24, 2.45) is 0 Å². The molecule has 2 heterocycles. The molecule has 1 atom stereocenters. The van der Waals surface area contributed by atoms with Gasteiger partial charge in [-0.3, -0.25) is 9.69 Å². The van der Waals surface area contributed by atoms with Gasteiger partial charge in [0.25, 0.3) is 5.91 Å². The summed E-state index contributed by atoms with van der Waals surface area (Å²) in [7, 11) is 0. The van der Waals surface area contributed by atoms with Crippen molar-refractivity contribution in [3.05, 3.63) is 71.4 Å². The Morgan fingerprint density at radius 3 is 2.35 bits per heavy atom. The van der Waals surface area contributed by atoms with Crippen LogP contribution in [0.5, 0.6) is 11.5 Å². The minimum Gasteiger partial charge on any atom is -0.602 e. The summed E-state index contributed by atoms with van der Waals surface area (Å²) < 4.78 is 93.8. The number of aromatic nitrogens is 2. The molecule has 2 aromatic carbocycles. The third kappa shape index (κ3) is 4.80. The summed E-state index contributed by atoms with van der Waals surface area (Å²) in [6, 6.07) is 9.81. The third-order valence-electron chi connectivity index (χ3n) is 4.87. The quantitative estimate of drug-likeness (QED) is 0.282. The molecule has 0 radical (unpaired) electrons. The molecule has 0 N–H and O–H groups in total. The molecule has 0 saturated carbocycles. The second kappa shape index (κ2) is 8.80. The van der Waals surface area contributed by atoms with E-state index in [0.29, 0.717) is 5.56 Å². The van der Waals surface area contributed by atoms with Crippen molar-refractivity contribution >= 4 is 22.9 Å². The average Bonchev–Trinajstić information content (AvgIpc) is 2.78. The van der Waals surface area contributed by atoms with Gasteiger partial charge in [-0.2, -0.15) is 23.1 Å². The molecule has 6 nitrogen and oxygen atoms in total. The summed E-state index contributed by atoms with van der Waals surface area (Å²) in [5, 5.41) is -0.969. The number of rotatable bonds is 4. The maximum atomic E-state index is 13.0. The Kier molecular flexibility index (Phi) is 6.16. The molecular formula is C21H13F6N3O3S. The molecular weight excluding hydrogens is 488 g/mol. The zero-order valence-corrected chi connectivity index (χ0v) is 17.7. The van der Waals surface area contributed by atoms with E-state index in [-0.39, 0.29) is 35.8 Å². The number of carbonyl (C=O) groups excluding carboxylic acids is 1. The minimum atomic E-state index is -5.05. The number of nitrogens with zero attached hydrogens (tertiary/aromatic N) is 3. The smallest absolute Gasteiger partial charge is 0.581 e. The lowest BCUT2D eigenvalue weighted by molar-refractivity contribution is -0.137. The molecule has 4 rings (SSSR count). The Morgan fingerprint density at radius 2 is 1.71 bits per heavy atom. The number of hydrogen-bond donors (Lipinski definition) is 0. The Hall–Kier alpha value is -3.32. The van der Waals surface area contributed by atoms with Crippen molar-refractivity contribution in [1.82, 2.24) is 9.97 Å². The van der Waals surface area contributed by atoms with E-state index < -0.39 is 39.5 Å². The van der Waals surface area contributed by atoms with Crippen LogP contribution in [0.1, 0.15) is 21.5 Å². The minimum absolute atomic E-state index is 0.0221. The first kappa shape index (κ1) is 23.8. The highest BCUT2D eigenvalue weighted by Crippen LogP contribution is 2.35. The predicted molar refractivity (Wildman–Crippen MR) is 108 cm³/mol. The zero-order chi connectivity index (χ0) is 24.7. The second-order valence-electron chi connectivity index (χ2n) is 7.03. The van der Waals surface area contributed by atoms with Gasteiger partial charge in [0, 0.05) is 23.9 Å². The Morgan fingerprint density at radius 1 is 1.00 bits per heavy atom. The van der Waals surface area contributed by atoms with E-state index >= 15 is 0 Å². The van der Waals surface area contributed by atoms with Crippen LogP contribution >= 0.6 is 0 Å². The number of amides is 1. The zero-order valence-electron chi connectivity index (χ0n) is 16.9. The van der Waals surface area contributed by atoms with Crippen molar-refractivity contribution in [3.63, 3.8) is 0 Å². The highest BCUT2D eigenvalue weighted by atomic mass is 32.2. The number of anilines is 1. The van der Waals surface area contributed by atoms with Crippen LogP contribution in [0.3, 0.4) is 0 Å². The van der Waals surface area contributed by atoms with Gasteiger partial charge in [0.05, 0.1) is 5.56 Å². The number of hydrogen-bond acceptors (Lipinski definition) is 5. The van der Waals surface area contributed by atoms with Gasteiger partial charge in [-0.25, -0.2) is 0 Å². The topological polar surface area (TPSA) is 78.4 Å². The Balaban J connectivity index is 1.59. The van der Waals surface area contributed by atoms with Gasteiger partial charge in [-0.05, 0) is 48.9 Å². The summed E-state index contributed by atoms with van der Waals surface area (Å²) in [6.45, 7) is 0.0221. The first-order valence-electron chi connectivity index (χ1n) is 9.55. The summed E-state index contributed by atoms with van der Waals surface area (Å²) in [5.74, 6) is -0.341. The fourth-order valence-corrected chi connectivity index (χ4v) is 3.86. The molecule has 178 valence electrons. The largest absolute Gasteiger partial charge is 0.602 e. The van der Waals surface area contributed by atoms with E-state index in [2.05, 4.69) is 9.97 Å². The molecule has 0 spiro atoms. The second-order valence-corrected chi connectivity index (χ2v) is 8.39. The molecule has 0 fully saturated rings. The van der Waals surface area contributed by atoms with Crippen LogP contribution < -0.4 is 9.64 Å². The lowest BCUT2D eigenvalue weighted by Crippen LogP contribution is -2.38. The summed E-state index contributed by atoms with van der Waals surface area (Å²) in [6.07, 6.45) is -3.29. The van der Waals surface area contributed by atoms with Crippen molar-refractivity contribution in [3.8, 4) is 11.5 Å². The first-order chi connectivity index (χ1) is 15.9. The van der Waals surface area contributed by atoms with Crippen LogP contribution in [-0.4, -0.2) is 32.5 Å². The molecule has 34 heavy (non-hydrogen) atoms. The lowest BCUT2D eigenvalue weighted by Gasteiger charge is -2.28. The monoisotopic (exact) mass is 501 g/mol. The normalized spacial score (nSPS) is 15.1. The molecule has 1 amide bonds. The van der Waals surface area contributed by atoms with Crippen molar-refractivity contribution in [2.75, 3.05) is 11.4 Å². The first-order valence-corrected chi connectivity index (χ1v) is 10.7. The third-order valence-corrected chi connectivity index (χ3v) is 5.82. The highest BCUT2D eigenvalue weighted by Gasteiger charge is 2.48. The van der Waals surface area contributed by atoms with E-state index in [1.807, 2.05) is 0 Å². The number of alkyl halides is 6. The molecule has 0 saturated heterocycles. The van der Waals surface area contributed by atoms with Gasteiger partial charge < -0.3 is 9.29 Å². The van der Waals surface area contributed by atoms with Crippen LogP contribution in [0.2, 0.25) is 0 Å². The molecule has 1 aliphatic rings. The fraction of sp³-hybridized carbons (Fsp3) is 0.190. The van der Waals surface area contributed by atoms with Gasteiger partial charge in [0.15, 0.2) is 0 Å². The maximum absolute atomic E-state index is 13.0. The van der Waals surface area contributed by atoms with E-state index in [1.165, 1.54) is 18.2 Å². The number of fused-ring (bicyclic) bond motifs is 1. The molecule has 1 unspecified atom stereocenters. The molecule has 3 aromatic rings. The molecule has 1 aromatic heterocycles. The van der Waals surface area contributed by atoms with Crippen LogP contribution in [-0.2, 0) is 23.8 Å². The van der Waals surface area contributed by atoms with Crippen LogP contribution in [0, 0.1) is 0 Å². The number of benzene rings is 2. The SMILES string of the molecule is O=C1c2cccc(Oc3ccc(C(F)(F)F)cc3)c2CCN1c1ccnc([S+]([O-])C(F)(F)F)n1. The molecule has 0 aliphatic carbocycles.